The molecule has 0 atom stereocenters. The molecule has 0 unspecified atom stereocenters. The molecule has 0 bridgehead atoms. The molecule has 146 valence electrons. The normalized spacial score (nSPS) is 16.5. The Morgan fingerprint density at radius 3 is 2.64 bits per heavy atom. The molecule has 1 saturated heterocycles. The number of para-hydroxylation sites is 2. The number of rotatable bonds is 6. The second kappa shape index (κ2) is 8.84. The number of carbonyl (C=O) groups excluding carboxylic acids is 1. The number of phenols is 1. The van der Waals surface area contributed by atoms with E-state index < -0.39 is 0 Å². The maximum Gasteiger partial charge on any atom is 0.264 e. The lowest BCUT2D eigenvalue weighted by Gasteiger charge is -2.21. The van der Waals surface area contributed by atoms with Gasteiger partial charge in [0.05, 0.1) is 12.0 Å². The van der Waals surface area contributed by atoms with Crippen LogP contribution in [0.1, 0.15) is 19.4 Å². The van der Waals surface area contributed by atoms with E-state index in [1.54, 1.807) is 19.3 Å². The van der Waals surface area contributed by atoms with E-state index >= 15 is 0 Å². The van der Waals surface area contributed by atoms with Crippen LogP contribution in [0.5, 0.6) is 11.5 Å². The summed E-state index contributed by atoms with van der Waals surface area (Å²) in [5.74, 6) is 0.526. The molecular weight excluding hydrogens is 374 g/mol. The van der Waals surface area contributed by atoms with Crippen molar-refractivity contribution in [1.82, 2.24) is 5.32 Å². The number of nitrogens with one attached hydrogen (secondary N) is 1. The zero-order chi connectivity index (χ0) is 20.1. The number of methoxy groups -OCH3 is 1. The Hall–Kier alpha value is -2.93. The highest BCUT2D eigenvalue weighted by molar-refractivity contribution is 8.18. The van der Waals surface area contributed by atoms with E-state index in [-0.39, 0.29) is 11.7 Å². The second-order valence-electron chi connectivity index (χ2n) is 6.07. The molecule has 3 rings (SSSR count). The highest BCUT2D eigenvalue weighted by atomic mass is 32.2. The van der Waals surface area contributed by atoms with Crippen molar-refractivity contribution in [3.8, 4) is 11.5 Å². The molecule has 2 aromatic rings. The van der Waals surface area contributed by atoms with Gasteiger partial charge in [0, 0.05) is 30.4 Å². The van der Waals surface area contributed by atoms with E-state index in [1.165, 1.54) is 11.8 Å². The van der Waals surface area contributed by atoms with E-state index in [0.29, 0.717) is 27.1 Å². The highest BCUT2D eigenvalue weighted by Gasteiger charge is 2.24. The van der Waals surface area contributed by atoms with Crippen molar-refractivity contribution in [3.05, 3.63) is 52.9 Å². The maximum atomic E-state index is 12.3. The standard InChI is InChI=1S/C21H23N3O3S/c1-4-24(5-2)15-11-10-14(17(25)13-15)12-19-20(26)23-21(28-19)22-16-8-6-7-9-18(16)27-3/h6-13,25H,4-5H2,1-3H3,(H,22,23,26)/b19-12-. The third-order valence-electron chi connectivity index (χ3n) is 4.39. The fraction of sp³-hybridized carbons (Fsp3) is 0.238. The molecule has 1 amide bonds. The van der Waals surface area contributed by atoms with Crippen molar-refractivity contribution >= 4 is 40.3 Å². The van der Waals surface area contributed by atoms with Crippen LogP contribution in [0.15, 0.2) is 52.4 Å². The van der Waals surface area contributed by atoms with E-state index in [1.807, 2.05) is 36.4 Å². The minimum atomic E-state index is -0.245. The summed E-state index contributed by atoms with van der Waals surface area (Å²) in [6, 6.07) is 12.8. The minimum Gasteiger partial charge on any atom is -0.507 e. The van der Waals surface area contributed by atoms with Crippen LogP contribution in [0, 0.1) is 0 Å². The maximum absolute atomic E-state index is 12.3. The van der Waals surface area contributed by atoms with Crippen LogP contribution in [0.3, 0.4) is 0 Å². The summed E-state index contributed by atoms with van der Waals surface area (Å²) >= 11 is 1.23. The second-order valence-corrected chi connectivity index (χ2v) is 7.10. The Balaban J connectivity index is 1.84. The molecule has 1 aliphatic rings. The van der Waals surface area contributed by atoms with Gasteiger partial charge in [0.2, 0.25) is 0 Å². The van der Waals surface area contributed by atoms with Gasteiger partial charge in [-0.25, -0.2) is 4.99 Å². The van der Waals surface area contributed by atoms with E-state index in [4.69, 9.17) is 4.74 Å². The van der Waals surface area contributed by atoms with E-state index in [2.05, 4.69) is 29.1 Å². The van der Waals surface area contributed by atoms with E-state index in [0.717, 1.165) is 18.8 Å². The Kier molecular flexibility index (Phi) is 6.26. The Morgan fingerprint density at radius 2 is 1.96 bits per heavy atom. The number of hydrogen-bond acceptors (Lipinski definition) is 6. The van der Waals surface area contributed by atoms with Gasteiger partial charge in [0.25, 0.3) is 5.91 Å². The lowest BCUT2D eigenvalue weighted by atomic mass is 10.1. The molecule has 2 aromatic carbocycles. The topological polar surface area (TPSA) is 74.2 Å². The number of nitrogens with zero attached hydrogens (tertiary/aromatic N) is 2. The number of amidine groups is 1. The van der Waals surface area contributed by atoms with E-state index in [9.17, 15) is 9.90 Å². The molecule has 1 heterocycles. The highest BCUT2D eigenvalue weighted by Crippen LogP contribution is 2.34. The first-order valence-corrected chi connectivity index (χ1v) is 9.88. The predicted molar refractivity (Wildman–Crippen MR) is 115 cm³/mol. The molecule has 0 radical (unpaired) electrons. The minimum absolute atomic E-state index is 0.139. The number of aromatic hydroxyl groups is 1. The summed E-state index contributed by atoms with van der Waals surface area (Å²) < 4.78 is 5.29. The molecule has 1 fully saturated rings. The Labute approximate surface area is 168 Å². The number of benzene rings is 2. The first-order valence-electron chi connectivity index (χ1n) is 9.06. The molecular formula is C21H23N3O3S. The molecule has 0 spiro atoms. The predicted octanol–water partition coefficient (Wildman–Crippen LogP) is 4.14. The molecule has 0 saturated carbocycles. The van der Waals surface area contributed by atoms with Crippen LogP contribution in [-0.2, 0) is 4.79 Å². The number of ether oxygens (including phenoxy) is 1. The summed E-state index contributed by atoms with van der Waals surface area (Å²) in [5.41, 5.74) is 2.18. The molecule has 28 heavy (non-hydrogen) atoms. The van der Waals surface area contributed by atoms with Gasteiger partial charge >= 0.3 is 0 Å². The first-order chi connectivity index (χ1) is 13.5. The van der Waals surface area contributed by atoms with Crippen LogP contribution in [0.25, 0.3) is 6.08 Å². The van der Waals surface area contributed by atoms with Crippen LogP contribution < -0.4 is 15.0 Å². The Bertz CT molecular complexity index is 936. The molecule has 0 aliphatic carbocycles. The van der Waals surface area contributed by atoms with Crippen molar-refractivity contribution in [2.24, 2.45) is 4.99 Å². The van der Waals surface area contributed by atoms with Gasteiger partial charge in [-0.2, -0.15) is 0 Å². The number of carbonyl (C=O) groups is 1. The number of thioether (sulfide) groups is 1. The van der Waals surface area contributed by atoms with Crippen molar-refractivity contribution in [2.75, 3.05) is 25.1 Å². The Morgan fingerprint density at radius 1 is 1.21 bits per heavy atom. The molecule has 0 aromatic heterocycles. The molecule has 6 nitrogen and oxygen atoms in total. The molecule has 2 N–H and O–H groups in total. The quantitative estimate of drug-likeness (QED) is 0.717. The number of amides is 1. The summed E-state index contributed by atoms with van der Waals surface area (Å²) in [4.78, 5) is 19.4. The van der Waals surface area contributed by atoms with Crippen LogP contribution in [0.4, 0.5) is 11.4 Å². The van der Waals surface area contributed by atoms with Gasteiger partial charge in [-0.1, -0.05) is 12.1 Å². The van der Waals surface area contributed by atoms with Crippen LogP contribution in [0.2, 0.25) is 0 Å². The average molecular weight is 398 g/mol. The summed E-state index contributed by atoms with van der Waals surface area (Å²) in [6.07, 6.45) is 1.67. The van der Waals surface area contributed by atoms with Gasteiger partial charge in [0.1, 0.15) is 17.2 Å². The fourth-order valence-electron chi connectivity index (χ4n) is 2.89. The lowest BCUT2D eigenvalue weighted by Crippen LogP contribution is -2.21. The molecule has 7 heteroatoms. The summed E-state index contributed by atoms with van der Waals surface area (Å²) in [7, 11) is 1.58. The van der Waals surface area contributed by atoms with Gasteiger partial charge in [0.15, 0.2) is 5.17 Å². The zero-order valence-corrected chi connectivity index (χ0v) is 16.9. The van der Waals surface area contributed by atoms with Crippen LogP contribution in [-0.4, -0.2) is 36.4 Å². The SMILES string of the molecule is CCN(CC)c1ccc(/C=C2\SC(=Nc3ccccc3OC)NC2=O)c(O)c1. The van der Waals surface area contributed by atoms with Crippen molar-refractivity contribution < 1.29 is 14.6 Å². The van der Waals surface area contributed by atoms with Crippen molar-refractivity contribution in [2.45, 2.75) is 13.8 Å². The third-order valence-corrected chi connectivity index (χ3v) is 5.30. The number of hydrogen-bond donors (Lipinski definition) is 2. The largest absolute Gasteiger partial charge is 0.507 e. The average Bonchev–Trinajstić information content (AvgIpc) is 3.04. The van der Waals surface area contributed by atoms with Gasteiger partial charge in [-0.3, -0.25) is 4.79 Å². The van der Waals surface area contributed by atoms with Crippen molar-refractivity contribution in [1.29, 1.82) is 0 Å². The zero-order valence-electron chi connectivity index (χ0n) is 16.1. The van der Waals surface area contributed by atoms with Gasteiger partial charge < -0.3 is 20.1 Å². The first kappa shape index (κ1) is 19.8. The lowest BCUT2D eigenvalue weighted by molar-refractivity contribution is -0.115. The van der Waals surface area contributed by atoms with Gasteiger partial charge in [-0.15, -0.1) is 0 Å². The monoisotopic (exact) mass is 397 g/mol. The number of anilines is 1. The summed E-state index contributed by atoms with van der Waals surface area (Å²) in [6.45, 7) is 5.85. The fourth-order valence-corrected chi connectivity index (χ4v) is 3.72. The van der Waals surface area contributed by atoms with Gasteiger partial charge in [-0.05, 0) is 56.0 Å². The van der Waals surface area contributed by atoms with Crippen molar-refractivity contribution in [3.63, 3.8) is 0 Å². The molecule has 1 aliphatic heterocycles. The number of phenolic OH excluding ortho intramolecular Hbond substituents is 1. The smallest absolute Gasteiger partial charge is 0.264 e. The third kappa shape index (κ3) is 4.31. The number of aliphatic imine (C=N–C) groups is 1. The summed E-state index contributed by atoms with van der Waals surface area (Å²) in [5, 5.41) is 13.6. The van der Waals surface area contributed by atoms with Crippen LogP contribution >= 0.6 is 11.8 Å².